The molecule has 7 nitrogen and oxygen atoms in total. The van der Waals surface area contributed by atoms with Gasteiger partial charge < -0.3 is 15.4 Å². The topological polar surface area (TPSA) is 91.8 Å². The summed E-state index contributed by atoms with van der Waals surface area (Å²) in [5, 5.41) is 6.30. The van der Waals surface area contributed by atoms with Crippen molar-refractivity contribution in [1.29, 1.82) is 0 Å². The van der Waals surface area contributed by atoms with E-state index in [4.69, 9.17) is 4.74 Å². The number of aryl methyl sites for hydroxylation is 1. The van der Waals surface area contributed by atoms with E-state index in [1.807, 2.05) is 20.8 Å². The lowest BCUT2D eigenvalue weighted by atomic mass is 10.2. The molecular formula is C16H28N4O3S. The molecule has 0 spiro atoms. The highest BCUT2D eigenvalue weighted by atomic mass is 32.2. The van der Waals surface area contributed by atoms with Crippen LogP contribution in [0.25, 0.3) is 0 Å². The second kappa shape index (κ2) is 10.3. The molecule has 3 N–H and O–H groups in total. The molecule has 1 rings (SSSR count). The Hall–Kier alpha value is -1.64. The van der Waals surface area contributed by atoms with E-state index in [0.29, 0.717) is 19.1 Å². The van der Waals surface area contributed by atoms with Crippen LogP contribution in [0.15, 0.2) is 34.2 Å². The Labute approximate surface area is 145 Å². The average molecular weight is 356 g/mol. The predicted molar refractivity (Wildman–Crippen MR) is 96.8 cm³/mol. The van der Waals surface area contributed by atoms with Crippen LogP contribution in [0.1, 0.15) is 19.4 Å². The summed E-state index contributed by atoms with van der Waals surface area (Å²) in [5.74, 6) is 0.636. The van der Waals surface area contributed by atoms with E-state index in [-0.39, 0.29) is 17.5 Å². The van der Waals surface area contributed by atoms with Gasteiger partial charge in [0.1, 0.15) is 0 Å². The van der Waals surface area contributed by atoms with Gasteiger partial charge in [0.15, 0.2) is 5.96 Å². The minimum atomic E-state index is -3.50. The molecule has 0 fully saturated rings. The number of aliphatic imine (C=N–C) groups is 1. The molecule has 0 saturated heterocycles. The van der Waals surface area contributed by atoms with Gasteiger partial charge in [-0.15, -0.1) is 0 Å². The van der Waals surface area contributed by atoms with Crippen molar-refractivity contribution >= 4 is 16.0 Å². The summed E-state index contributed by atoms with van der Waals surface area (Å²) in [4.78, 5) is 4.62. The minimum absolute atomic E-state index is 0.108. The van der Waals surface area contributed by atoms with E-state index in [1.165, 1.54) is 0 Å². The first-order chi connectivity index (χ1) is 11.4. The standard InChI is InChI=1S/C16H28N4O3S/c1-5-17-16(20-14(3)12-23-4)18-10-11-19-24(21,22)15-8-6-13(2)7-9-15/h6-9,14,19H,5,10-12H2,1-4H3,(H2,17,18,20). The summed E-state index contributed by atoms with van der Waals surface area (Å²) in [7, 11) is -1.86. The molecule has 1 unspecified atom stereocenters. The fraction of sp³-hybridized carbons (Fsp3) is 0.562. The molecule has 136 valence electrons. The van der Waals surface area contributed by atoms with Gasteiger partial charge in [-0.1, -0.05) is 17.7 Å². The van der Waals surface area contributed by atoms with Crippen molar-refractivity contribution in [1.82, 2.24) is 15.4 Å². The third-order valence-electron chi connectivity index (χ3n) is 3.15. The van der Waals surface area contributed by atoms with Crippen molar-refractivity contribution < 1.29 is 13.2 Å². The molecule has 0 radical (unpaired) electrons. The zero-order valence-corrected chi connectivity index (χ0v) is 15.6. The molecule has 0 saturated carbocycles. The van der Waals surface area contributed by atoms with Crippen LogP contribution in [0.4, 0.5) is 0 Å². The maximum Gasteiger partial charge on any atom is 0.240 e. The first-order valence-corrected chi connectivity index (χ1v) is 9.47. The molecule has 0 heterocycles. The van der Waals surface area contributed by atoms with Gasteiger partial charge in [-0.25, -0.2) is 13.1 Å². The van der Waals surface area contributed by atoms with E-state index in [9.17, 15) is 8.42 Å². The number of hydrogen-bond acceptors (Lipinski definition) is 4. The Kier molecular flexibility index (Phi) is 8.73. The lowest BCUT2D eigenvalue weighted by Gasteiger charge is -2.17. The highest BCUT2D eigenvalue weighted by Gasteiger charge is 2.12. The second-order valence-corrected chi connectivity index (χ2v) is 7.24. The number of ether oxygens (including phenoxy) is 1. The molecule has 0 aliphatic rings. The van der Waals surface area contributed by atoms with Crippen molar-refractivity contribution in [2.75, 3.05) is 33.4 Å². The highest BCUT2D eigenvalue weighted by Crippen LogP contribution is 2.09. The third kappa shape index (κ3) is 7.29. The van der Waals surface area contributed by atoms with Gasteiger partial charge in [-0.2, -0.15) is 0 Å². The predicted octanol–water partition coefficient (Wildman–Crippen LogP) is 0.863. The molecule has 1 aromatic rings. The van der Waals surface area contributed by atoms with Crippen molar-refractivity contribution in [2.24, 2.45) is 4.99 Å². The van der Waals surface area contributed by atoms with E-state index in [0.717, 1.165) is 12.1 Å². The van der Waals surface area contributed by atoms with Crippen molar-refractivity contribution in [3.63, 3.8) is 0 Å². The largest absolute Gasteiger partial charge is 0.383 e. The first-order valence-electron chi connectivity index (χ1n) is 7.99. The quantitative estimate of drug-likeness (QED) is 0.347. The number of benzene rings is 1. The summed E-state index contributed by atoms with van der Waals surface area (Å²) in [6.07, 6.45) is 0. The summed E-state index contributed by atoms with van der Waals surface area (Å²) in [6, 6.07) is 6.85. The van der Waals surface area contributed by atoms with Crippen molar-refractivity contribution in [3.05, 3.63) is 29.8 Å². The lowest BCUT2D eigenvalue weighted by molar-refractivity contribution is 0.179. The van der Waals surface area contributed by atoms with Gasteiger partial charge >= 0.3 is 0 Å². The van der Waals surface area contributed by atoms with Gasteiger partial charge in [-0.05, 0) is 32.9 Å². The Morgan fingerprint density at radius 2 is 1.96 bits per heavy atom. The zero-order chi connectivity index (χ0) is 18.0. The number of methoxy groups -OCH3 is 1. The van der Waals surface area contributed by atoms with Crippen LogP contribution in [0.5, 0.6) is 0 Å². The number of guanidine groups is 1. The zero-order valence-electron chi connectivity index (χ0n) is 14.8. The Morgan fingerprint density at radius 3 is 2.54 bits per heavy atom. The van der Waals surface area contributed by atoms with Gasteiger partial charge in [0.05, 0.1) is 18.0 Å². The molecule has 24 heavy (non-hydrogen) atoms. The monoisotopic (exact) mass is 356 g/mol. The Balaban J connectivity index is 2.55. The van der Waals surface area contributed by atoms with Gasteiger partial charge in [0, 0.05) is 26.2 Å². The van der Waals surface area contributed by atoms with E-state index < -0.39 is 10.0 Å². The normalized spacial score (nSPS) is 13.6. The lowest BCUT2D eigenvalue weighted by Crippen LogP contribution is -2.44. The summed E-state index contributed by atoms with van der Waals surface area (Å²) >= 11 is 0. The first kappa shape index (κ1) is 20.4. The van der Waals surface area contributed by atoms with Gasteiger partial charge in [-0.3, -0.25) is 4.99 Å². The molecule has 0 amide bonds. The van der Waals surface area contributed by atoms with Crippen LogP contribution < -0.4 is 15.4 Å². The fourth-order valence-electron chi connectivity index (χ4n) is 1.99. The van der Waals surface area contributed by atoms with Crippen LogP contribution in [0.3, 0.4) is 0 Å². The van der Waals surface area contributed by atoms with Crippen LogP contribution in [-0.4, -0.2) is 53.8 Å². The molecule has 0 aromatic heterocycles. The number of sulfonamides is 1. The maximum atomic E-state index is 12.2. The molecule has 0 aliphatic heterocycles. The van der Waals surface area contributed by atoms with Crippen LogP contribution in [0, 0.1) is 6.92 Å². The van der Waals surface area contributed by atoms with Gasteiger partial charge in [0.25, 0.3) is 0 Å². The molecule has 0 bridgehead atoms. The minimum Gasteiger partial charge on any atom is -0.383 e. The molecular weight excluding hydrogens is 328 g/mol. The van der Waals surface area contributed by atoms with Gasteiger partial charge in [0.2, 0.25) is 10.0 Å². The van der Waals surface area contributed by atoms with E-state index in [2.05, 4.69) is 20.3 Å². The number of hydrogen-bond donors (Lipinski definition) is 3. The maximum absolute atomic E-state index is 12.2. The molecule has 1 aromatic carbocycles. The molecule has 0 aliphatic carbocycles. The SMILES string of the molecule is CCNC(=NCCNS(=O)(=O)c1ccc(C)cc1)NC(C)COC. The van der Waals surface area contributed by atoms with Crippen LogP contribution in [0.2, 0.25) is 0 Å². The average Bonchev–Trinajstić information content (AvgIpc) is 2.52. The van der Waals surface area contributed by atoms with E-state index in [1.54, 1.807) is 31.4 Å². The Morgan fingerprint density at radius 1 is 1.29 bits per heavy atom. The molecule has 8 heteroatoms. The van der Waals surface area contributed by atoms with Crippen molar-refractivity contribution in [2.45, 2.75) is 31.7 Å². The highest BCUT2D eigenvalue weighted by molar-refractivity contribution is 7.89. The number of rotatable bonds is 9. The third-order valence-corrected chi connectivity index (χ3v) is 4.63. The molecule has 1 atom stereocenters. The fourth-order valence-corrected chi connectivity index (χ4v) is 3.01. The number of nitrogens with one attached hydrogen (secondary N) is 3. The summed E-state index contributed by atoms with van der Waals surface area (Å²) in [6.45, 7) is 7.71. The smallest absolute Gasteiger partial charge is 0.240 e. The summed E-state index contributed by atoms with van der Waals surface area (Å²) in [5.41, 5.74) is 1.02. The Bertz CT molecular complexity index is 615. The second-order valence-electron chi connectivity index (χ2n) is 5.47. The van der Waals surface area contributed by atoms with Crippen LogP contribution >= 0.6 is 0 Å². The number of nitrogens with zero attached hydrogens (tertiary/aromatic N) is 1. The van der Waals surface area contributed by atoms with E-state index >= 15 is 0 Å². The van der Waals surface area contributed by atoms with Crippen LogP contribution in [-0.2, 0) is 14.8 Å². The van der Waals surface area contributed by atoms with Crippen molar-refractivity contribution in [3.8, 4) is 0 Å². The summed E-state index contributed by atoms with van der Waals surface area (Å²) < 4.78 is 32.0.